The standard InChI is InChI=1S/C22H25ClN2O2S/c1-4-11-24(22(27)15(2)3)14-20(26)25-12-9-19-18(10-13-28-19)21(25)16-5-7-17(23)8-6-16/h4-8,10,13,15,21H,1,9,11-12,14H2,2-3H3. The Morgan fingerprint density at radius 3 is 2.68 bits per heavy atom. The molecule has 0 fully saturated rings. The molecule has 148 valence electrons. The lowest BCUT2D eigenvalue weighted by Crippen LogP contribution is -2.47. The monoisotopic (exact) mass is 416 g/mol. The summed E-state index contributed by atoms with van der Waals surface area (Å²) in [6, 6.07) is 9.60. The van der Waals surface area contributed by atoms with Crippen LogP contribution in [0.4, 0.5) is 0 Å². The minimum absolute atomic E-state index is 0.0375. The van der Waals surface area contributed by atoms with Crippen molar-refractivity contribution in [1.29, 1.82) is 0 Å². The molecule has 6 heteroatoms. The third-order valence-electron chi connectivity index (χ3n) is 4.95. The van der Waals surface area contributed by atoms with E-state index in [1.807, 2.05) is 43.0 Å². The molecule has 1 aromatic heterocycles. The number of hydrogen-bond acceptors (Lipinski definition) is 3. The lowest BCUT2D eigenvalue weighted by atomic mass is 9.93. The molecule has 0 saturated carbocycles. The number of rotatable bonds is 6. The minimum atomic E-state index is -0.162. The first-order valence-electron chi connectivity index (χ1n) is 9.43. The first-order valence-corrected chi connectivity index (χ1v) is 10.7. The predicted octanol–water partition coefficient (Wildman–Crippen LogP) is 4.55. The zero-order chi connectivity index (χ0) is 20.3. The van der Waals surface area contributed by atoms with Gasteiger partial charge in [-0.1, -0.05) is 43.7 Å². The summed E-state index contributed by atoms with van der Waals surface area (Å²) in [4.78, 5) is 30.5. The third kappa shape index (κ3) is 4.31. The van der Waals surface area contributed by atoms with Gasteiger partial charge >= 0.3 is 0 Å². The zero-order valence-electron chi connectivity index (χ0n) is 16.2. The molecule has 0 radical (unpaired) electrons. The number of thiophene rings is 1. The van der Waals surface area contributed by atoms with Gasteiger partial charge in [0.1, 0.15) is 6.54 Å². The molecule has 0 bridgehead atoms. The van der Waals surface area contributed by atoms with Crippen LogP contribution in [0.25, 0.3) is 0 Å². The molecule has 2 amide bonds. The zero-order valence-corrected chi connectivity index (χ0v) is 17.8. The SMILES string of the molecule is C=CCN(CC(=O)N1CCc2sccc2C1c1ccc(Cl)cc1)C(=O)C(C)C. The van der Waals surface area contributed by atoms with Gasteiger partial charge in [0.15, 0.2) is 0 Å². The van der Waals surface area contributed by atoms with E-state index in [0.717, 1.165) is 17.5 Å². The Balaban J connectivity index is 1.90. The Bertz CT molecular complexity index is 860. The summed E-state index contributed by atoms with van der Waals surface area (Å²) in [6.45, 7) is 8.48. The number of halogens is 1. The normalized spacial score (nSPS) is 16.0. The Hall–Kier alpha value is -2.11. The van der Waals surface area contributed by atoms with E-state index in [0.29, 0.717) is 18.1 Å². The van der Waals surface area contributed by atoms with E-state index in [2.05, 4.69) is 18.0 Å². The first-order chi connectivity index (χ1) is 13.4. The molecule has 1 aliphatic heterocycles. The highest BCUT2D eigenvalue weighted by Gasteiger charge is 2.34. The van der Waals surface area contributed by atoms with Crippen molar-refractivity contribution in [3.63, 3.8) is 0 Å². The van der Waals surface area contributed by atoms with Crippen LogP contribution in [0.3, 0.4) is 0 Å². The van der Waals surface area contributed by atoms with Crippen LogP contribution >= 0.6 is 22.9 Å². The van der Waals surface area contributed by atoms with Crippen LogP contribution in [-0.2, 0) is 16.0 Å². The summed E-state index contributed by atoms with van der Waals surface area (Å²) < 4.78 is 0. The highest BCUT2D eigenvalue weighted by Crippen LogP contribution is 2.38. The van der Waals surface area contributed by atoms with Gasteiger partial charge in [-0.15, -0.1) is 17.9 Å². The summed E-state index contributed by atoms with van der Waals surface area (Å²) in [5.41, 5.74) is 2.19. The second-order valence-corrected chi connectivity index (χ2v) is 8.69. The van der Waals surface area contributed by atoms with Crippen molar-refractivity contribution in [2.75, 3.05) is 19.6 Å². The van der Waals surface area contributed by atoms with Gasteiger partial charge in [0, 0.05) is 28.9 Å². The predicted molar refractivity (Wildman–Crippen MR) is 115 cm³/mol. The third-order valence-corrected chi connectivity index (χ3v) is 6.20. The van der Waals surface area contributed by atoms with Crippen LogP contribution < -0.4 is 0 Å². The van der Waals surface area contributed by atoms with Gasteiger partial charge < -0.3 is 9.80 Å². The fourth-order valence-electron chi connectivity index (χ4n) is 3.60. The van der Waals surface area contributed by atoms with Crippen LogP contribution in [0, 0.1) is 5.92 Å². The van der Waals surface area contributed by atoms with Gasteiger partial charge in [0.2, 0.25) is 11.8 Å². The van der Waals surface area contributed by atoms with E-state index >= 15 is 0 Å². The summed E-state index contributed by atoms with van der Waals surface area (Å²) in [5.74, 6) is -0.248. The topological polar surface area (TPSA) is 40.6 Å². The second-order valence-electron chi connectivity index (χ2n) is 7.25. The van der Waals surface area contributed by atoms with E-state index in [1.165, 1.54) is 4.88 Å². The summed E-state index contributed by atoms with van der Waals surface area (Å²) in [7, 11) is 0. The first kappa shape index (κ1) is 20.6. The molecule has 3 rings (SSSR count). The molecule has 0 N–H and O–H groups in total. The maximum Gasteiger partial charge on any atom is 0.243 e. The van der Waals surface area contributed by atoms with Crippen LogP contribution in [0.1, 0.15) is 35.9 Å². The molecular formula is C22H25ClN2O2S. The molecule has 4 nitrogen and oxygen atoms in total. The largest absolute Gasteiger partial charge is 0.330 e. The van der Waals surface area contributed by atoms with Gasteiger partial charge in [-0.3, -0.25) is 9.59 Å². The summed E-state index contributed by atoms with van der Waals surface area (Å²) in [6.07, 6.45) is 2.50. The molecule has 0 aliphatic carbocycles. The molecule has 2 aromatic rings. The number of hydrogen-bond donors (Lipinski definition) is 0. The van der Waals surface area contributed by atoms with Gasteiger partial charge in [-0.2, -0.15) is 0 Å². The second kappa shape index (κ2) is 8.93. The average molecular weight is 417 g/mol. The van der Waals surface area contributed by atoms with E-state index in [4.69, 9.17) is 11.6 Å². The Morgan fingerprint density at radius 1 is 1.32 bits per heavy atom. The van der Waals surface area contributed by atoms with Crippen molar-refractivity contribution in [2.45, 2.75) is 26.3 Å². The van der Waals surface area contributed by atoms with Crippen LogP contribution in [0.5, 0.6) is 0 Å². The van der Waals surface area contributed by atoms with E-state index in [1.54, 1.807) is 22.3 Å². The van der Waals surface area contributed by atoms with Gasteiger partial charge in [0.05, 0.1) is 6.04 Å². The Morgan fingerprint density at radius 2 is 2.04 bits per heavy atom. The van der Waals surface area contributed by atoms with Crippen molar-refractivity contribution in [2.24, 2.45) is 5.92 Å². The molecule has 0 saturated heterocycles. The molecule has 1 aliphatic rings. The van der Waals surface area contributed by atoms with Crippen molar-refractivity contribution >= 4 is 34.8 Å². The highest BCUT2D eigenvalue weighted by molar-refractivity contribution is 7.10. The van der Waals surface area contributed by atoms with E-state index in [-0.39, 0.29) is 30.3 Å². The van der Waals surface area contributed by atoms with Gasteiger partial charge in [-0.25, -0.2) is 0 Å². The van der Waals surface area contributed by atoms with Crippen molar-refractivity contribution < 1.29 is 9.59 Å². The summed E-state index contributed by atoms with van der Waals surface area (Å²) in [5, 5.41) is 2.75. The van der Waals surface area contributed by atoms with Crippen LogP contribution in [-0.4, -0.2) is 41.2 Å². The van der Waals surface area contributed by atoms with E-state index < -0.39 is 0 Å². The Labute approximate surface area is 175 Å². The molecule has 1 atom stereocenters. The molecule has 2 heterocycles. The fourth-order valence-corrected chi connectivity index (χ4v) is 4.63. The lowest BCUT2D eigenvalue weighted by molar-refractivity contribution is -0.142. The maximum atomic E-state index is 13.3. The van der Waals surface area contributed by atoms with Crippen LogP contribution in [0.2, 0.25) is 5.02 Å². The van der Waals surface area contributed by atoms with Gasteiger partial charge in [-0.05, 0) is 41.1 Å². The van der Waals surface area contributed by atoms with Gasteiger partial charge in [0.25, 0.3) is 0 Å². The number of fused-ring (bicyclic) bond motifs is 1. The number of nitrogens with zero attached hydrogens (tertiary/aromatic N) is 2. The number of amides is 2. The Kier molecular flexibility index (Phi) is 6.57. The van der Waals surface area contributed by atoms with E-state index in [9.17, 15) is 9.59 Å². The molecule has 0 spiro atoms. The van der Waals surface area contributed by atoms with Crippen molar-refractivity contribution in [3.05, 3.63) is 69.4 Å². The molecule has 1 aromatic carbocycles. The van der Waals surface area contributed by atoms with Crippen LogP contribution in [0.15, 0.2) is 48.4 Å². The highest BCUT2D eigenvalue weighted by atomic mass is 35.5. The minimum Gasteiger partial charge on any atom is -0.330 e. The van der Waals surface area contributed by atoms with Crippen molar-refractivity contribution in [3.8, 4) is 0 Å². The fraction of sp³-hybridized carbons (Fsp3) is 0.364. The average Bonchev–Trinajstić information content (AvgIpc) is 3.15. The number of benzene rings is 1. The smallest absolute Gasteiger partial charge is 0.243 e. The molecule has 28 heavy (non-hydrogen) atoms. The number of carbonyl (C=O) groups is 2. The maximum absolute atomic E-state index is 13.3. The summed E-state index contributed by atoms with van der Waals surface area (Å²) >= 11 is 7.79. The number of carbonyl (C=O) groups excluding carboxylic acids is 2. The quantitative estimate of drug-likeness (QED) is 0.648. The lowest BCUT2D eigenvalue weighted by Gasteiger charge is -2.37. The molecule has 1 unspecified atom stereocenters. The van der Waals surface area contributed by atoms with Crippen molar-refractivity contribution in [1.82, 2.24) is 9.80 Å². The molecular weight excluding hydrogens is 392 g/mol.